The summed E-state index contributed by atoms with van der Waals surface area (Å²) in [7, 11) is 0. The Labute approximate surface area is 151 Å². The van der Waals surface area contributed by atoms with Crippen molar-refractivity contribution in [2.45, 2.75) is 39.2 Å². The molecule has 1 aliphatic rings. The lowest BCUT2D eigenvalue weighted by atomic mass is 10.0. The van der Waals surface area contributed by atoms with Crippen molar-refractivity contribution in [1.82, 2.24) is 30.3 Å². The van der Waals surface area contributed by atoms with Crippen LogP contribution >= 0.6 is 0 Å². The highest BCUT2D eigenvalue weighted by Gasteiger charge is 2.35. The van der Waals surface area contributed by atoms with Gasteiger partial charge in [0.1, 0.15) is 0 Å². The van der Waals surface area contributed by atoms with Crippen molar-refractivity contribution >= 4 is 5.91 Å². The maximum absolute atomic E-state index is 13.1. The molecule has 0 aromatic carbocycles. The van der Waals surface area contributed by atoms with Gasteiger partial charge in [-0.15, -0.1) is 0 Å². The van der Waals surface area contributed by atoms with E-state index in [4.69, 9.17) is 0 Å². The minimum Gasteiger partial charge on any atom is -0.329 e. The summed E-state index contributed by atoms with van der Waals surface area (Å²) in [5.41, 5.74) is 5.53. The standard InChI is InChI=1S/C19H22N6O/c1-3-15-12(2)17(24-22-15)19(26)25-10-4-5-16(25)18-14(11-21-23-18)13-6-8-20-9-7-13/h6-9,11,16H,3-5,10H2,1-2H3,(H,21,23)(H,22,24). The number of nitrogens with zero attached hydrogens (tertiary/aromatic N) is 4. The van der Waals surface area contributed by atoms with Crippen LogP contribution in [0.2, 0.25) is 0 Å². The van der Waals surface area contributed by atoms with E-state index in [-0.39, 0.29) is 11.9 Å². The Kier molecular flexibility index (Phi) is 4.28. The summed E-state index contributed by atoms with van der Waals surface area (Å²) in [5.74, 6) is -0.0174. The molecular formula is C19H22N6O. The molecule has 26 heavy (non-hydrogen) atoms. The molecule has 0 saturated carbocycles. The lowest BCUT2D eigenvalue weighted by molar-refractivity contribution is 0.0726. The topological polar surface area (TPSA) is 90.6 Å². The second-order valence-corrected chi connectivity index (χ2v) is 6.62. The Morgan fingerprint density at radius 1 is 1.31 bits per heavy atom. The highest BCUT2D eigenvalue weighted by Crippen LogP contribution is 2.37. The van der Waals surface area contributed by atoms with Gasteiger partial charge in [0, 0.05) is 35.8 Å². The monoisotopic (exact) mass is 350 g/mol. The first-order valence-electron chi connectivity index (χ1n) is 8.99. The van der Waals surface area contributed by atoms with Gasteiger partial charge in [-0.1, -0.05) is 6.92 Å². The molecule has 1 aliphatic heterocycles. The smallest absolute Gasteiger partial charge is 0.275 e. The van der Waals surface area contributed by atoms with E-state index in [1.54, 1.807) is 12.4 Å². The van der Waals surface area contributed by atoms with E-state index in [2.05, 4.69) is 32.3 Å². The average molecular weight is 350 g/mol. The number of aromatic nitrogens is 5. The van der Waals surface area contributed by atoms with E-state index >= 15 is 0 Å². The van der Waals surface area contributed by atoms with Crippen LogP contribution in [0.4, 0.5) is 0 Å². The molecule has 1 atom stereocenters. The SMILES string of the molecule is CCc1[nH]nc(C(=O)N2CCCC2c2[nH]ncc2-c2ccncc2)c1C. The summed E-state index contributed by atoms with van der Waals surface area (Å²) in [6.07, 6.45) is 8.07. The number of aryl methyl sites for hydroxylation is 1. The summed E-state index contributed by atoms with van der Waals surface area (Å²) < 4.78 is 0. The molecule has 3 aromatic rings. The number of hydrogen-bond donors (Lipinski definition) is 2. The second kappa shape index (κ2) is 6.74. The number of H-pyrrole nitrogens is 2. The lowest BCUT2D eigenvalue weighted by Gasteiger charge is -2.24. The third kappa shape index (κ3) is 2.69. The normalized spacial score (nSPS) is 17.0. The summed E-state index contributed by atoms with van der Waals surface area (Å²) in [6, 6.07) is 3.90. The average Bonchev–Trinajstić information content (AvgIpc) is 3.40. The van der Waals surface area contributed by atoms with Crippen molar-refractivity contribution in [3.63, 3.8) is 0 Å². The molecule has 0 bridgehead atoms. The Hall–Kier alpha value is -2.96. The molecule has 7 heteroatoms. The fourth-order valence-corrected chi connectivity index (χ4v) is 3.74. The van der Waals surface area contributed by atoms with Crippen LogP contribution in [0.1, 0.15) is 53.2 Å². The Balaban J connectivity index is 1.67. The van der Waals surface area contributed by atoms with Gasteiger partial charge in [0.25, 0.3) is 5.91 Å². The van der Waals surface area contributed by atoms with Gasteiger partial charge in [0.2, 0.25) is 0 Å². The molecule has 1 unspecified atom stereocenters. The molecule has 4 rings (SSSR count). The van der Waals surface area contributed by atoms with Gasteiger partial charge in [0.15, 0.2) is 5.69 Å². The van der Waals surface area contributed by atoms with Gasteiger partial charge in [0.05, 0.1) is 17.9 Å². The van der Waals surface area contributed by atoms with Crippen molar-refractivity contribution in [3.8, 4) is 11.1 Å². The van der Waals surface area contributed by atoms with Crippen LogP contribution in [0.15, 0.2) is 30.7 Å². The minimum absolute atomic E-state index is 0.0174. The van der Waals surface area contributed by atoms with Crippen LogP contribution in [0.5, 0.6) is 0 Å². The van der Waals surface area contributed by atoms with E-state index in [1.807, 2.05) is 30.2 Å². The summed E-state index contributed by atoms with van der Waals surface area (Å²) in [4.78, 5) is 19.1. The first-order valence-corrected chi connectivity index (χ1v) is 8.99. The van der Waals surface area contributed by atoms with E-state index in [0.29, 0.717) is 5.69 Å². The number of nitrogens with one attached hydrogen (secondary N) is 2. The van der Waals surface area contributed by atoms with E-state index in [1.165, 1.54) is 0 Å². The zero-order valence-corrected chi connectivity index (χ0v) is 15.0. The van der Waals surface area contributed by atoms with Gasteiger partial charge in [-0.25, -0.2) is 0 Å². The highest BCUT2D eigenvalue weighted by molar-refractivity contribution is 5.94. The molecular weight excluding hydrogens is 328 g/mol. The van der Waals surface area contributed by atoms with Gasteiger partial charge in [-0.05, 0) is 43.9 Å². The number of likely N-dealkylation sites (tertiary alicyclic amines) is 1. The van der Waals surface area contributed by atoms with Crippen molar-refractivity contribution < 1.29 is 4.79 Å². The first-order chi connectivity index (χ1) is 12.7. The Morgan fingerprint density at radius 2 is 2.12 bits per heavy atom. The van der Waals surface area contributed by atoms with Crippen LogP contribution in [-0.4, -0.2) is 42.7 Å². The Bertz CT molecular complexity index is 913. The predicted octanol–water partition coefficient (Wildman–Crippen LogP) is 3.04. The molecule has 0 spiro atoms. The molecule has 1 saturated heterocycles. The number of rotatable bonds is 4. The number of aromatic amines is 2. The number of pyridine rings is 1. The van der Waals surface area contributed by atoms with Crippen molar-refractivity contribution in [1.29, 1.82) is 0 Å². The maximum atomic E-state index is 13.1. The lowest BCUT2D eigenvalue weighted by Crippen LogP contribution is -2.31. The number of hydrogen-bond acceptors (Lipinski definition) is 4. The van der Waals surface area contributed by atoms with Gasteiger partial charge in [-0.3, -0.25) is 20.0 Å². The van der Waals surface area contributed by atoms with Crippen LogP contribution < -0.4 is 0 Å². The fraction of sp³-hybridized carbons (Fsp3) is 0.368. The molecule has 134 valence electrons. The molecule has 7 nitrogen and oxygen atoms in total. The van der Waals surface area contributed by atoms with Crippen molar-refractivity contribution in [3.05, 3.63) is 53.4 Å². The van der Waals surface area contributed by atoms with Gasteiger partial charge < -0.3 is 4.90 Å². The molecule has 0 aliphatic carbocycles. The van der Waals surface area contributed by atoms with Crippen LogP contribution in [0, 0.1) is 6.92 Å². The third-order valence-corrected chi connectivity index (χ3v) is 5.17. The quantitative estimate of drug-likeness (QED) is 0.757. The first kappa shape index (κ1) is 16.5. The number of carbonyl (C=O) groups is 1. The van der Waals surface area contributed by atoms with E-state index in [0.717, 1.165) is 53.9 Å². The summed E-state index contributed by atoms with van der Waals surface area (Å²) in [5, 5.41) is 14.6. The van der Waals surface area contributed by atoms with E-state index < -0.39 is 0 Å². The molecule has 0 radical (unpaired) electrons. The predicted molar refractivity (Wildman–Crippen MR) is 97.5 cm³/mol. The molecule has 1 amide bonds. The van der Waals surface area contributed by atoms with E-state index in [9.17, 15) is 4.79 Å². The highest BCUT2D eigenvalue weighted by atomic mass is 16.2. The molecule has 4 heterocycles. The number of amides is 1. The van der Waals surface area contributed by atoms with Crippen LogP contribution in [0.25, 0.3) is 11.1 Å². The second-order valence-electron chi connectivity index (χ2n) is 6.62. The largest absolute Gasteiger partial charge is 0.329 e. The zero-order chi connectivity index (χ0) is 18.1. The fourth-order valence-electron chi connectivity index (χ4n) is 3.74. The molecule has 3 aromatic heterocycles. The zero-order valence-electron chi connectivity index (χ0n) is 15.0. The van der Waals surface area contributed by atoms with Gasteiger partial charge >= 0.3 is 0 Å². The summed E-state index contributed by atoms with van der Waals surface area (Å²) in [6.45, 7) is 4.74. The third-order valence-electron chi connectivity index (χ3n) is 5.17. The van der Waals surface area contributed by atoms with Gasteiger partial charge in [-0.2, -0.15) is 10.2 Å². The number of carbonyl (C=O) groups excluding carboxylic acids is 1. The van der Waals surface area contributed by atoms with Crippen molar-refractivity contribution in [2.75, 3.05) is 6.54 Å². The van der Waals surface area contributed by atoms with Crippen LogP contribution in [-0.2, 0) is 6.42 Å². The summed E-state index contributed by atoms with van der Waals surface area (Å²) >= 11 is 0. The van der Waals surface area contributed by atoms with Crippen LogP contribution in [0.3, 0.4) is 0 Å². The molecule has 1 fully saturated rings. The Morgan fingerprint density at radius 3 is 2.85 bits per heavy atom. The van der Waals surface area contributed by atoms with Crippen molar-refractivity contribution in [2.24, 2.45) is 0 Å². The minimum atomic E-state index is -0.0191. The maximum Gasteiger partial charge on any atom is 0.275 e. The molecule has 2 N–H and O–H groups in total.